The number of amides is 1. The molecule has 0 unspecified atom stereocenters. The Hall–Kier alpha value is -0.870. The Kier molecular flexibility index (Phi) is 2.56. The lowest BCUT2D eigenvalue weighted by Gasteiger charge is -2.22. The van der Waals surface area contributed by atoms with Crippen LogP contribution in [0.1, 0.15) is 17.3 Å². The van der Waals surface area contributed by atoms with Crippen molar-refractivity contribution >= 4 is 17.2 Å². The Morgan fingerprint density at radius 1 is 1.71 bits per heavy atom. The molecule has 1 aliphatic rings. The third-order valence-electron chi connectivity index (χ3n) is 2.76. The lowest BCUT2D eigenvalue weighted by Crippen LogP contribution is -2.24. The number of hydrogen-bond donors (Lipinski definition) is 1. The smallest absolute Gasteiger partial charge is 0.223 e. The fraction of sp³-hybridized carbons (Fsp3) is 0.500. The highest BCUT2D eigenvalue weighted by Crippen LogP contribution is 2.38. The molecular weight excluding hydrogens is 198 g/mol. The van der Waals surface area contributed by atoms with Crippen LogP contribution in [0.4, 0.5) is 0 Å². The molecular formula is C10H13NO2S. The fourth-order valence-electron chi connectivity index (χ4n) is 2.00. The standard InChI is InChI=1S/C10H13NO2S/c1-11-9(13)5-7(6-12)10(11)8-3-2-4-14-8/h2-4,7,10,12H,5-6H2,1H3/t7-,10+/m0/s1. The number of carbonyl (C=O) groups excluding carboxylic acids is 1. The van der Waals surface area contributed by atoms with E-state index in [2.05, 4.69) is 0 Å². The van der Waals surface area contributed by atoms with E-state index in [1.807, 2.05) is 24.6 Å². The Labute approximate surface area is 87.0 Å². The van der Waals surface area contributed by atoms with Crippen LogP contribution in [-0.4, -0.2) is 29.6 Å². The summed E-state index contributed by atoms with van der Waals surface area (Å²) in [4.78, 5) is 14.4. The number of aliphatic hydroxyl groups excluding tert-OH is 1. The minimum Gasteiger partial charge on any atom is -0.396 e. The van der Waals surface area contributed by atoms with Crippen molar-refractivity contribution in [3.05, 3.63) is 22.4 Å². The highest BCUT2D eigenvalue weighted by atomic mass is 32.1. The molecule has 14 heavy (non-hydrogen) atoms. The van der Waals surface area contributed by atoms with Gasteiger partial charge in [-0.1, -0.05) is 6.07 Å². The first-order valence-corrected chi connectivity index (χ1v) is 5.52. The highest BCUT2D eigenvalue weighted by molar-refractivity contribution is 7.10. The maximum absolute atomic E-state index is 11.5. The molecule has 1 aromatic rings. The van der Waals surface area contributed by atoms with Crippen molar-refractivity contribution in [2.75, 3.05) is 13.7 Å². The molecule has 1 aromatic heterocycles. The van der Waals surface area contributed by atoms with E-state index in [0.29, 0.717) is 6.42 Å². The molecule has 2 heterocycles. The molecule has 1 fully saturated rings. The number of aliphatic hydroxyl groups is 1. The molecule has 0 aromatic carbocycles. The number of carbonyl (C=O) groups is 1. The van der Waals surface area contributed by atoms with Gasteiger partial charge in [-0.25, -0.2) is 0 Å². The van der Waals surface area contributed by atoms with Crippen molar-refractivity contribution in [2.45, 2.75) is 12.5 Å². The second kappa shape index (κ2) is 3.71. The van der Waals surface area contributed by atoms with Gasteiger partial charge in [-0.3, -0.25) is 4.79 Å². The van der Waals surface area contributed by atoms with Gasteiger partial charge in [-0.2, -0.15) is 0 Å². The quantitative estimate of drug-likeness (QED) is 0.800. The molecule has 1 aliphatic heterocycles. The summed E-state index contributed by atoms with van der Waals surface area (Å²) in [5, 5.41) is 11.2. The van der Waals surface area contributed by atoms with Crippen LogP contribution in [0.15, 0.2) is 17.5 Å². The van der Waals surface area contributed by atoms with Crippen LogP contribution in [0.25, 0.3) is 0 Å². The van der Waals surface area contributed by atoms with E-state index < -0.39 is 0 Å². The van der Waals surface area contributed by atoms with Gasteiger partial charge in [0.25, 0.3) is 0 Å². The molecule has 2 atom stereocenters. The second-order valence-electron chi connectivity index (χ2n) is 3.61. The largest absolute Gasteiger partial charge is 0.396 e. The minimum absolute atomic E-state index is 0.0612. The number of hydrogen-bond acceptors (Lipinski definition) is 3. The molecule has 76 valence electrons. The number of rotatable bonds is 2. The SMILES string of the molecule is CN1C(=O)C[C@@H](CO)[C@@H]1c1cccs1. The zero-order chi connectivity index (χ0) is 10.1. The Morgan fingerprint density at radius 2 is 2.50 bits per heavy atom. The van der Waals surface area contributed by atoms with Gasteiger partial charge in [-0.05, 0) is 11.4 Å². The van der Waals surface area contributed by atoms with Crippen LogP contribution in [0, 0.1) is 5.92 Å². The van der Waals surface area contributed by atoms with Gasteiger partial charge in [0.2, 0.25) is 5.91 Å². The molecule has 0 saturated carbocycles. The van der Waals surface area contributed by atoms with Crippen LogP contribution < -0.4 is 0 Å². The van der Waals surface area contributed by atoms with Gasteiger partial charge < -0.3 is 10.0 Å². The van der Waals surface area contributed by atoms with Crippen LogP contribution in [0.5, 0.6) is 0 Å². The van der Waals surface area contributed by atoms with Crippen molar-refractivity contribution < 1.29 is 9.90 Å². The van der Waals surface area contributed by atoms with Gasteiger partial charge in [0, 0.05) is 30.9 Å². The minimum atomic E-state index is 0.0612. The fourth-order valence-corrected chi connectivity index (χ4v) is 2.96. The Balaban J connectivity index is 2.28. The van der Waals surface area contributed by atoms with Gasteiger partial charge in [0.1, 0.15) is 0 Å². The topological polar surface area (TPSA) is 40.5 Å². The third kappa shape index (κ3) is 1.44. The van der Waals surface area contributed by atoms with E-state index in [0.717, 1.165) is 4.88 Å². The van der Waals surface area contributed by atoms with Crippen LogP contribution >= 0.6 is 11.3 Å². The van der Waals surface area contributed by atoms with E-state index in [1.54, 1.807) is 16.2 Å². The van der Waals surface area contributed by atoms with Gasteiger partial charge in [0.15, 0.2) is 0 Å². The normalized spacial score (nSPS) is 27.3. The van der Waals surface area contributed by atoms with Crippen molar-refractivity contribution in [3.8, 4) is 0 Å². The maximum Gasteiger partial charge on any atom is 0.223 e. The number of nitrogens with zero attached hydrogens (tertiary/aromatic N) is 1. The summed E-state index contributed by atoms with van der Waals surface area (Å²) < 4.78 is 0. The average Bonchev–Trinajstić information content (AvgIpc) is 2.76. The number of thiophene rings is 1. The molecule has 0 bridgehead atoms. The Morgan fingerprint density at radius 3 is 3.07 bits per heavy atom. The average molecular weight is 211 g/mol. The number of likely N-dealkylation sites (tertiary alicyclic amines) is 1. The van der Waals surface area contributed by atoms with E-state index in [4.69, 9.17) is 0 Å². The van der Waals surface area contributed by atoms with Crippen molar-refractivity contribution in [2.24, 2.45) is 5.92 Å². The summed E-state index contributed by atoms with van der Waals surface area (Å²) in [5.74, 6) is 0.189. The van der Waals surface area contributed by atoms with Gasteiger partial charge in [0.05, 0.1) is 6.04 Å². The second-order valence-corrected chi connectivity index (χ2v) is 4.59. The molecule has 0 radical (unpaired) electrons. The van der Waals surface area contributed by atoms with Gasteiger partial charge >= 0.3 is 0 Å². The summed E-state index contributed by atoms with van der Waals surface area (Å²) in [6.45, 7) is 0.0820. The lowest BCUT2D eigenvalue weighted by atomic mass is 10.0. The first-order chi connectivity index (χ1) is 6.74. The summed E-state index contributed by atoms with van der Waals surface area (Å²) in [5.41, 5.74) is 0. The van der Waals surface area contributed by atoms with E-state index in [1.165, 1.54) is 0 Å². The van der Waals surface area contributed by atoms with E-state index in [-0.39, 0.29) is 24.5 Å². The molecule has 4 heteroatoms. The third-order valence-corrected chi connectivity index (χ3v) is 3.71. The molecule has 0 aliphatic carbocycles. The predicted octanol–water partition coefficient (Wildman–Crippen LogP) is 1.26. The summed E-state index contributed by atoms with van der Waals surface area (Å²) in [7, 11) is 1.81. The molecule has 3 nitrogen and oxygen atoms in total. The molecule has 0 spiro atoms. The monoisotopic (exact) mass is 211 g/mol. The zero-order valence-corrected chi connectivity index (χ0v) is 8.83. The molecule has 2 rings (SSSR count). The summed E-state index contributed by atoms with van der Waals surface area (Å²) in [6, 6.07) is 4.07. The first-order valence-electron chi connectivity index (χ1n) is 4.64. The Bertz CT molecular complexity index is 323. The van der Waals surface area contributed by atoms with E-state index in [9.17, 15) is 9.90 Å². The first kappa shape index (κ1) is 9.68. The summed E-state index contributed by atoms with van der Waals surface area (Å²) >= 11 is 1.64. The lowest BCUT2D eigenvalue weighted by molar-refractivity contribution is -0.127. The summed E-state index contributed by atoms with van der Waals surface area (Å²) in [6.07, 6.45) is 0.468. The highest BCUT2D eigenvalue weighted by Gasteiger charge is 2.38. The van der Waals surface area contributed by atoms with Crippen molar-refractivity contribution in [3.63, 3.8) is 0 Å². The van der Waals surface area contributed by atoms with Crippen molar-refractivity contribution in [1.82, 2.24) is 4.90 Å². The predicted molar refractivity (Wildman–Crippen MR) is 55.0 cm³/mol. The molecule has 1 amide bonds. The van der Waals surface area contributed by atoms with Crippen LogP contribution in [0.3, 0.4) is 0 Å². The van der Waals surface area contributed by atoms with Gasteiger partial charge in [-0.15, -0.1) is 11.3 Å². The molecule has 1 N–H and O–H groups in total. The molecule has 1 saturated heterocycles. The zero-order valence-electron chi connectivity index (χ0n) is 8.01. The van der Waals surface area contributed by atoms with Crippen LogP contribution in [-0.2, 0) is 4.79 Å². The maximum atomic E-state index is 11.5. The van der Waals surface area contributed by atoms with E-state index >= 15 is 0 Å². The van der Waals surface area contributed by atoms with Crippen LogP contribution in [0.2, 0.25) is 0 Å². The van der Waals surface area contributed by atoms with Crippen molar-refractivity contribution in [1.29, 1.82) is 0 Å².